The number of likely N-dealkylation sites (N-methyl/N-ethyl adjacent to an activating group) is 1. The fraction of sp³-hybridized carbons (Fsp3) is 0.588. The van der Waals surface area contributed by atoms with Crippen LogP contribution in [0.25, 0.3) is 0 Å². The van der Waals surface area contributed by atoms with E-state index in [9.17, 15) is 4.79 Å². The summed E-state index contributed by atoms with van der Waals surface area (Å²) in [5.74, 6) is 1.62. The number of carbonyl (C=O) groups excluding carboxylic acids is 1. The number of benzene rings is 1. The van der Waals surface area contributed by atoms with Gasteiger partial charge in [0.2, 0.25) is 5.91 Å². The molecule has 2 heterocycles. The van der Waals surface area contributed by atoms with Crippen molar-refractivity contribution in [3.8, 4) is 11.5 Å². The summed E-state index contributed by atoms with van der Waals surface area (Å²) >= 11 is 0. The van der Waals surface area contributed by atoms with Gasteiger partial charge in [0.15, 0.2) is 17.6 Å². The molecule has 1 amide bonds. The molecule has 1 saturated heterocycles. The summed E-state index contributed by atoms with van der Waals surface area (Å²) in [6.07, 6.45) is 1.51. The fourth-order valence-corrected chi connectivity index (χ4v) is 3.08. The Morgan fingerprint density at radius 2 is 2.00 bits per heavy atom. The summed E-state index contributed by atoms with van der Waals surface area (Å²) in [5, 5.41) is 0. The van der Waals surface area contributed by atoms with E-state index < -0.39 is 6.04 Å². The molecule has 126 valence electrons. The lowest BCUT2D eigenvalue weighted by molar-refractivity contribution is -0.134. The highest BCUT2D eigenvalue weighted by Crippen LogP contribution is 2.31. The van der Waals surface area contributed by atoms with Crippen LogP contribution < -0.4 is 15.2 Å². The van der Waals surface area contributed by atoms with E-state index in [2.05, 4.69) is 0 Å². The quantitative estimate of drug-likeness (QED) is 0.897. The van der Waals surface area contributed by atoms with E-state index in [1.165, 1.54) is 0 Å². The average molecular weight is 320 g/mol. The molecule has 1 aromatic rings. The van der Waals surface area contributed by atoms with Crippen LogP contribution in [-0.4, -0.2) is 56.4 Å². The lowest BCUT2D eigenvalue weighted by Crippen LogP contribution is -2.51. The molecule has 1 fully saturated rings. The first-order valence-electron chi connectivity index (χ1n) is 8.12. The zero-order valence-corrected chi connectivity index (χ0v) is 13.4. The Morgan fingerprint density at radius 1 is 1.30 bits per heavy atom. The van der Waals surface area contributed by atoms with Crippen molar-refractivity contribution in [3.05, 3.63) is 24.3 Å². The average Bonchev–Trinajstić information content (AvgIpc) is 2.61. The summed E-state index contributed by atoms with van der Waals surface area (Å²) in [6, 6.07) is 7.09. The Balaban J connectivity index is 1.54. The van der Waals surface area contributed by atoms with Crippen molar-refractivity contribution in [1.29, 1.82) is 0 Å². The minimum atomic E-state index is -0.472. The summed E-state index contributed by atoms with van der Waals surface area (Å²) in [7, 11) is 1.77. The van der Waals surface area contributed by atoms with E-state index in [4.69, 9.17) is 19.9 Å². The van der Waals surface area contributed by atoms with Crippen LogP contribution in [0.5, 0.6) is 11.5 Å². The second kappa shape index (κ2) is 7.19. The number of nitrogens with two attached hydrogens (primary N) is 1. The third kappa shape index (κ3) is 3.76. The molecule has 2 aliphatic heterocycles. The number of nitrogens with zero attached hydrogens (tertiary/aromatic N) is 1. The van der Waals surface area contributed by atoms with E-state index >= 15 is 0 Å². The number of para-hydroxylation sites is 2. The van der Waals surface area contributed by atoms with Crippen molar-refractivity contribution in [1.82, 2.24) is 4.90 Å². The minimum Gasteiger partial charge on any atom is -0.486 e. The largest absolute Gasteiger partial charge is 0.486 e. The van der Waals surface area contributed by atoms with Gasteiger partial charge < -0.3 is 24.8 Å². The number of hydrogen-bond acceptors (Lipinski definition) is 5. The molecule has 2 aliphatic rings. The zero-order valence-electron chi connectivity index (χ0n) is 13.4. The molecular weight excluding hydrogens is 296 g/mol. The van der Waals surface area contributed by atoms with E-state index in [-0.39, 0.29) is 17.9 Å². The van der Waals surface area contributed by atoms with Gasteiger partial charge in [-0.25, -0.2) is 0 Å². The van der Waals surface area contributed by atoms with Crippen LogP contribution in [-0.2, 0) is 9.53 Å². The smallest absolute Gasteiger partial charge is 0.239 e. The monoisotopic (exact) mass is 320 g/mol. The molecule has 2 unspecified atom stereocenters. The molecule has 0 bridgehead atoms. The van der Waals surface area contributed by atoms with Gasteiger partial charge in [-0.1, -0.05) is 12.1 Å². The number of rotatable bonds is 4. The van der Waals surface area contributed by atoms with Crippen LogP contribution in [0.4, 0.5) is 0 Å². The van der Waals surface area contributed by atoms with Crippen LogP contribution in [0.2, 0.25) is 0 Å². The van der Waals surface area contributed by atoms with Crippen molar-refractivity contribution in [3.63, 3.8) is 0 Å². The standard InChI is InChI=1S/C17H24N2O4/c1-19(17(20)16(18)12-6-8-21-9-7-12)10-13-11-22-14-4-2-3-5-15(14)23-13/h2-5,12-13,16H,6-11,18H2,1H3. The summed E-state index contributed by atoms with van der Waals surface area (Å²) in [5.41, 5.74) is 6.16. The molecule has 1 aromatic carbocycles. The number of carbonyl (C=O) groups is 1. The molecular formula is C17H24N2O4. The second-order valence-electron chi connectivity index (χ2n) is 6.19. The van der Waals surface area contributed by atoms with Crippen molar-refractivity contribution in [2.24, 2.45) is 11.7 Å². The Bertz CT molecular complexity index is 545. The van der Waals surface area contributed by atoms with Crippen molar-refractivity contribution in [2.75, 3.05) is 33.4 Å². The molecule has 0 aromatic heterocycles. The van der Waals surface area contributed by atoms with Crippen LogP contribution >= 0.6 is 0 Å². The molecule has 6 heteroatoms. The van der Waals surface area contributed by atoms with E-state index in [1.54, 1.807) is 11.9 Å². The molecule has 23 heavy (non-hydrogen) atoms. The normalized spacial score (nSPS) is 22.4. The molecule has 3 rings (SSSR count). The van der Waals surface area contributed by atoms with Gasteiger partial charge in [-0.15, -0.1) is 0 Å². The van der Waals surface area contributed by atoms with E-state index in [0.29, 0.717) is 26.4 Å². The molecule has 0 aliphatic carbocycles. The van der Waals surface area contributed by atoms with Crippen LogP contribution in [0.1, 0.15) is 12.8 Å². The van der Waals surface area contributed by atoms with Gasteiger partial charge in [0.25, 0.3) is 0 Å². The Kier molecular flexibility index (Phi) is 5.03. The van der Waals surface area contributed by atoms with Gasteiger partial charge >= 0.3 is 0 Å². The highest BCUT2D eigenvalue weighted by molar-refractivity contribution is 5.81. The fourth-order valence-electron chi connectivity index (χ4n) is 3.08. The van der Waals surface area contributed by atoms with Gasteiger partial charge in [0.05, 0.1) is 12.6 Å². The highest BCUT2D eigenvalue weighted by atomic mass is 16.6. The highest BCUT2D eigenvalue weighted by Gasteiger charge is 2.30. The van der Waals surface area contributed by atoms with Crippen LogP contribution in [0.15, 0.2) is 24.3 Å². The molecule has 2 atom stereocenters. The van der Waals surface area contributed by atoms with Crippen LogP contribution in [0.3, 0.4) is 0 Å². The number of fused-ring (bicyclic) bond motifs is 1. The predicted octanol–water partition coefficient (Wildman–Crippen LogP) is 1.04. The minimum absolute atomic E-state index is 0.0423. The number of amides is 1. The maximum absolute atomic E-state index is 12.5. The van der Waals surface area contributed by atoms with Crippen molar-refractivity contribution < 1.29 is 19.0 Å². The molecule has 0 saturated carbocycles. The predicted molar refractivity (Wildman–Crippen MR) is 85.5 cm³/mol. The maximum atomic E-state index is 12.5. The summed E-state index contributed by atoms with van der Waals surface area (Å²) in [6.45, 7) is 2.27. The first kappa shape index (κ1) is 16.1. The summed E-state index contributed by atoms with van der Waals surface area (Å²) < 4.78 is 16.9. The van der Waals surface area contributed by atoms with Crippen molar-refractivity contribution in [2.45, 2.75) is 25.0 Å². The van der Waals surface area contributed by atoms with Crippen LogP contribution in [0, 0.1) is 5.92 Å². The SMILES string of the molecule is CN(CC1COc2ccccc2O1)C(=O)C(N)C1CCOCC1. The van der Waals surface area contributed by atoms with Gasteiger partial charge in [0, 0.05) is 20.3 Å². The van der Waals surface area contributed by atoms with Gasteiger partial charge in [-0.2, -0.15) is 0 Å². The Labute approximate surface area is 136 Å². The van der Waals surface area contributed by atoms with Crippen molar-refractivity contribution >= 4 is 5.91 Å². The molecule has 6 nitrogen and oxygen atoms in total. The van der Waals surface area contributed by atoms with Gasteiger partial charge in [0.1, 0.15) is 6.61 Å². The maximum Gasteiger partial charge on any atom is 0.239 e. The second-order valence-corrected chi connectivity index (χ2v) is 6.19. The van der Waals surface area contributed by atoms with Gasteiger partial charge in [-0.3, -0.25) is 4.79 Å². The lowest BCUT2D eigenvalue weighted by Gasteiger charge is -2.33. The van der Waals surface area contributed by atoms with E-state index in [0.717, 1.165) is 24.3 Å². The van der Waals surface area contributed by atoms with E-state index in [1.807, 2.05) is 24.3 Å². The third-order valence-electron chi connectivity index (χ3n) is 4.48. The first-order chi connectivity index (χ1) is 11.1. The molecule has 2 N–H and O–H groups in total. The number of hydrogen-bond donors (Lipinski definition) is 1. The van der Waals surface area contributed by atoms with Gasteiger partial charge in [-0.05, 0) is 30.9 Å². The molecule has 0 radical (unpaired) electrons. The third-order valence-corrected chi connectivity index (χ3v) is 4.48. The topological polar surface area (TPSA) is 74.0 Å². The number of ether oxygens (including phenoxy) is 3. The molecule has 0 spiro atoms. The Morgan fingerprint density at radius 3 is 2.74 bits per heavy atom. The Hall–Kier alpha value is -1.79. The lowest BCUT2D eigenvalue weighted by atomic mass is 9.91. The zero-order chi connectivity index (χ0) is 16.2. The summed E-state index contributed by atoms with van der Waals surface area (Å²) in [4.78, 5) is 14.2. The first-order valence-corrected chi connectivity index (χ1v) is 8.12.